The number of hydrogen-bond donors (Lipinski definition) is 2. The summed E-state index contributed by atoms with van der Waals surface area (Å²) in [5, 5.41) is 17.5. The Bertz CT molecular complexity index is 396. The summed E-state index contributed by atoms with van der Waals surface area (Å²) in [5.41, 5.74) is 1.45. The van der Waals surface area contributed by atoms with Crippen molar-refractivity contribution in [3.05, 3.63) is 34.9 Å². The van der Waals surface area contributed by atoms with Crippen LogP contribution in [0.5, 0.6) is 0 Å². The maximum atomic E-state index is 10.9. The molecule has 1 aromatic rings. The summed E-state index contributed by atoms with van der Waals surface area (Å²) >= 11 is 0. The van der Waals surface area contributed by atoms with Gasteiger partial charge in [0.2, 0.25) is 0 Å². The third kappa shape index (κ3) is 2.80. The Morgan fingerprint density at radius 1 is 1.27 bits per heavy atom. The number of rotatable bonds is 4. The maximum Gasteiger partial charge on any atom is 0.336 e. The Morgan fingerprint density at radius 3 is 2.47 bits per heavy atom. The van der Waals surface area contributed by atoms with Crippen molar-refractivity contribution in [1.82, 2.24) is 0 Å². The van der Waals surface area contributed by atoms with Crippen molar-refractivity contribution in [2.24, 2.45) is 0 Å². The molecule has 4 heteroatoms. The van der Waals surface area contributed by atoms with Crippen molar-refractivity contribution in [3.8, 4) is 0 Å². The summed E-state index contributed by atoms with van der Waals surface area (Å²) < 4.78 is 0. The van der Waals surface area contributed by atoms with E-state index in [4.69, 9.17) is 10.2 Å². The molecule has 1 rings (SSSR count). The van der Waals surface area contributed by atoms with E-state index in [0.717, 1.165) is 0 Å². The molecule has 0 bridgehead atoms. The number of aryl methyl sites for hydroxylation is 2. The number of carbonyl (C=O) groups is 2. The van der Waals surface area contributed by atoms with Crippen LogP contribution < -0.4 is 0 Å². The SMILES string of the molecule is Cc1cccc(CCC(=O)O)c1C(=O)O. The quantitative estimate of drug-likeness (QED) is 0.789. The third-order valence-corrected chi connectivity index (χ3v) is 2.18. The molecule has 1 aromatic carbocycles. The van der Waals surface area contributed by atoms with Gasteiger partial charge in [-0.05, 0) is 24.5 Å². The highest BCUT2D eigenvalue weighted by molar-refractivity contribution is 5.91. The van der Waals surface area contributed by atoms with E-state index in [0.29, 0.717) is 11.1 Å². The molecule has 0 unspecified atom stereocenters. The van der Waals surface area contributed by atoms with E-state index >= 15 is 0 Å². The van der Waals surface area contributed by atoms with Crippen LogP contribution in [0.25, 0.3) is 0 Å². The Labute approximate surface area is 87.2 Å². The van der Waals surface area contributed by atoms with Crippen LogP contribution in [0, 0.1) is 6.92 Å². The largest absolute Gasteiger partial charge is 0.481 e. The molecule has 0 aliphatic carbocycles. The van der Waals surface area contributed by atoms with E-state index in [2.05, 4.69) is 0 Å². The predicted octanol–water partition coefficient (Wildman–Crippen LogP) is 1.71. The lowest BCUT2D eigenvalue weighted by Crippen LogP contribution is -2.07. The van der Waals surface area contributed by atoms with Gasteiger partial charge < -0.3 is 10.2 Å². The van der Waals surface area contributed by atoms with E-state index < -0.39 is 11.9 Å². The molecule has 2 N–H and O–H groups in total. The molecule has 0 amide bonds. The molecule has 4 nitrogen and oxygen atoms in total. The smallest absolute Gasteiger partial charge is 0.336 e. The van der Waals surface area contributed by atoms with Gasteiger partial charge in [0.25, 0.3) is 0 Å². The predicted molar refractivity (Wildman–Crippen MR) is 54.1 cm³/mol. The zero-order valence-electron chi connectivity index (χ0n) is 8.36. The number of benzene rings is 1. The van der Waals surface area contributed by atoms with Gasteiger partial charge in [-0.2, -0.15) is 0 Å². The molecule has 0 aromatic heterocycles. The summed E-state index contributed by atoms with van der Waals surface area (Å²) in [5.74, 6) is -1.93. The van der Waals surface area contributed by atoms with E-state index in [1.54, 1.807) is 25.1 Å². The van der Waals surface area contributed by atoms with Crippen molar-refractivity contribution in [2.75, 3.05) is 0 Å². The fraction of sp³-hybridized carbons (Fsp3) is 0.273. The van der Waals surface area contributed by atoms with Gasteiger partial charge >= 0.3 is 11.9 Å². The van der Waals surface area contributed by atoms with Crippen molar-refractivity contribution in [1.29, 1.82) is 0 Å². The van der Waals surface area contributed by atoms with Gasteiger partial charge in [-0.3, -0.25) is 4.79 Å². The number of carboxylic acids is 2. The Balaban J connectivity index is 3.01. The van der Waals surface area contributed by atoms with Gasteiger partial charge in [0.15, 0.2) is 0 Å². The number of aliphatic carboxylic acids is 1. The van der Waals surface area contributed by atoms with Gasteiger partial charge in [0, 0.05) is 6.42 Å². The van der Waals surface area contributed by atoms with Crippen LogP contribution in [0.1, 0.15) is 27.9 Å². The fourth-order valence-corrected chi connectivity index (χ4v) is 1.48. The molecular weight excluding hydrogens is 196 g/mol. The molecule has 0 aliphatic heterocycles. The van der Waals surface area contributed by atoms with Crippen LogP contribution in [0.4, 0.5) is 0 Å². The number of aromatic carboxylic acids is 1. The third-order valence-electron chi connectivity index (χ3n) is 2.18. The summed E-state index contributed by atoms with van der Waals surface area (Å²) in [6.45, 7) is 1.70. The highest BCUT2D eigenvalue weighted by Gasteiger charge is 2.13. The fourth-order valence-electron chi connectivity index (χ4n) is 1.48. The van der Waals surface area contributed by atoms with E-state index in [-0.39, 0.29) is 18.4 Å². The lowest BCUT2D eigenvalue weighted by Gasteiger charge is -2.07. The standard InChI is InChI=1S/C11H12O4/c1-7-3-2-4-8(5-6-9(12)13)10(7)11(14)15/h2-4H,5-6H2,1H3,(H,12,13)(H,14,15). The van der Waals surface area contributed by atoms with Crippen LogP contribution >= 0.6 is 0 Å². The van der Waals surface area contributed by atoms with E-state index in [9.17, 15) is 9.59 Å². The lowest BCUT2D eigenvalue weighted by molar-refractivity contribution is -0.136. The maximum absolute atomic E-state index is 10.9. The lowest BCUT2D eigenvalue weighted by atomic mass is 9.98. The molecule has 80 valence electrons. The van der Waals surface area contributed by atoms with Gasteiger partial charge in [-0.15, -0.1) is 0 Å². The van der Waals surface area contributed by atoms with Crippen LogP contribution in [0.3, 0.4) is 0 Å². The van der Waals surface area contributed by atoms with Gasteiger partial charge in [-0.25, -0.2) is 4.79 Å². The first kappa shape index (κ1) is 11.2. The monoisotopic (exact) mass is 208 g/mol. The zero-order valence-corrected chi connectivity index (χ0v) is 8.36. The van der Waals surface area contributed by atoms with E-state index in [1.165, 1.54) is 0 Å². The zero-order chi connectivity index (χ0) is 11.4. The summed E-state index contributed by atoms with van der Waals surface area (Å²) in [6.07, 6.45) is 0.197. The molecule has 15 heavy (non-hydrogen) atoms. The molecule has 0 aliphatic rings. The molecule has 0 radical (unpaired) electrons. The van der Waals surface area contributed by atoms with Crippen LogP contribution in [0.2, 0.25) is 0 Å². The molecule has 0 fully saturated rings. The first-order valence-corrected chi connectivity index (χ1v) is 4.56. The minimum absolute atomic E-state index is 0.0519. The molecule has 0 atom stereocenters. The average Bonchev–Trinajstić information content (AvgIpc) is 2.13. The molecule has 0 spiro atoms. The average molecular weight is 208 g/mol. The Morgan fingerprint density at radius 2 is 1.93 bits per heavy atom. The van der Waals surface area contributed by atoms with Crippen molar-refractivity contribution < 1.29 is 19.8 Å². The van der Waals surface area contributed by atoms with Crippen molar-refractivity contribution in [3.63, 3.8) is 0 Å². The summed E-state index contributed by atoms with van der Waals surface area (Å²) in [7, 11) is 0. The number of carboxylic acid groups (broad SMARTS) is 2. The van der Waals surface area contributed by atoms with Crippen molar-refractivity contribution in [2.45, 2.75) is 19.8 Å². The second kappa shape index (κ2) is 4.59. The second-order valence-electron chi connectivity index (χ2n) is 3.31. The van der Waals surface area contributed by atoms with E-state index in [1.807, 2.05) is 0 Å². The van der Waals surface area contributed by atoms with Crippen LogP contribution in [-0.4, -0.2) is 22.2 Å². The minimum atomic E-state index is -1.01. The highest BCUT2D eigenvalue weighted by Crippen LogP contribution is 2.15. The van der Waals surface area contributed by atoms with Gasteiger partial charge in [-0.1, -0.05) is 18.2 Å². The minimum Gasteiger partial charge on any atom is -0.481 e. The summed E-state index contributed by atoms with van der Waals surface area (Å²) in [4.78, 5) is 21.3. The Hall–Kier alpha value is -1.84. The van der Waals surface area contributed by atoms with Crippen molar-refractivity contribution >= 4 is 11.9 Å². The normalized spacial score (nSPS) is 9.93. The highest BCUT2D eigenvalue weighted by atomic mass is 16.4. The van der Waals surface area contributed by atoms with Crippen LogP contribution in [-0.2, 0) is 11.2 Å². The Kier molecular flexibility index (Phi) is 3.44. The van der Waals surface area contributed by atoms with Crippen LogP contribution in [0.15, 0.2) is 18.2 Å². The second-order valence-corrected chi connectivity index (χ2v) is 3.31. The topological polar surface area (TPSA) is 74.6 Å². The molecular formula is C11H12O4. The molecule has 0 saturated heterocycles. The number of hydrogen-bond acceptors (Lipinski definition) is 2. The molecule has 0 saturated carbocycles. The van der Waals surface area contributed by atoms with Gasteiger partial charge in [0.1, 0.15) is 0 Å². The van der Waals surface area contributed by atoms with Gasteiger partial charge in [0.05, 0.1) is 5.56 Å². The summed E-state index contributed by atoms with van der Waals surface area (Å²) in [6, 6.07) is 5.09. The first-order chi connectivity index (χ1) is 7.02. The first-order valence-electron chi connectivity index (χ1n) is 4.56. The molecule has 0 heterocycles.